The molecule has 0 aliphatic heterocycles. The van der Waals surface area contributed by atoms with Gasteiger partial charge in [-0.2, -0.15) is 0 Å². The molecule has 0 radical (unpaired) electrons. The molecule has 2 atom stereocenters. The van der Waals surface area contributed by atoms with Crippen LogP contribution in [-0.4, -0.2) is 29.2 Å². The van der Waals surface area contributed by atoms with Crippen molar-refractivity contribution in [2.45, 2.75) is 65.5 Å². The Kier molecular flexibility index (Phi) is 5.20. The van der Waals surface area contributed by atoms with E-state index in [0.717, 1.165) is 12.8 Å². The fourth-order valence-corrected chi connectivity index (χ4v) is 2.60. The standard InChI is InChI=1S/C14H26N2O3/c1-9(10-7-5-6-8-10)15-13(19)16-11(12(17)18)14(2,3)4/h9-11H,5-8H2,1-4H3,(H,17,18)(H2,15,16,19)/t9?,11-/m0/s1. The lowest BCUT2D eigenvalue weighted by Gasteiger charge is -2.29. The van der Waals surface area contributed by atoms with E-state index in [9.17, 15) is 9.59 Å². The highest BCUT2D eigenvalue weighted by Gasteiger charge is 2.33. The van der Waals surface area contributed by atoms with Crippen molar-refractivity contribution in [2.24, 2.45) is 11.3 Å². The maximum Gasteiger partial charge on any atom is 0.326 e. The van der Waals surface area contributed by atoms with Gasteiger partial charge in [0.15, 0.2) is 0 Å². The third kappa shape index (κ3) is 4.73. The van der Waals surface area contributed by atoms with Crippen LogP contribution in [-0.2, 0) is 4.79 Å². The third-order valence-electron chi connectivity index (χ3n) is 3.85. The van der Waals surface area contributed by atoms with Gasteiger partial charge in [-0.1, -0.05) is 33.6 Å². The second kappa shape index (κ2) is 6.26. The van der Waals surface area contributed by atoms with Gasteiger partial charge in [0, 0.05) is 6.04 Å². The first-order valence-corrected chi connectivity index (χ1v) is 7.01. The van der Waals surface area contributed by atoms with Crippen LogP contribution in [0.1, 0.15) is 53.4 Å². The number of rotatable bonds is 4. The molecule has 0 aromatic rings. The number of urea groups is 1. The van der Waals surface area contributed by atoms with Crippen molar-refractivity contribution >= 4 is 12.0 Å². The molecule has 0 heterocycles. The smallest absolute Gasteiger partial charge is 0.326 e. The molecular weight excluding hydrogens is 244 g/mol. The SMILES string of the molecule is CC(NC(=O)N[C@@H](C(=O)O)C(C)(C)C)C1CCCC1. The highest BCUT2D eigenvalue weighted by Crippen LogP contribution is 2.27. The highest BCUT2D eigenvalue weighted by atomic mass is 16.4. The Balaban J connectivity index is 2.50. The summed E-state index contributed by atoms with van der Waals surface area (Å²) < 4.78 is 0. The lowest BCUT2D eigenvalue weighted by molar-refractivity contribution is -0.141. The molecule has 1 saturated carbocycles. The van der Waals surface area contributed by atoms with Gasteiger partial charge < -0.3 is 15.7 Å². The second-order valence-electron chi connectivity index (χ2n) is 6.59. The topological polar surface area (TPSA) is 78.4 Å². The van der Waals surface area contributed by atoms with Crippen LogP contribution in [0.2, 0.25) is 0 Å². The van der Waals surface area contributed by atoms with Crippen molar-refractivity contribution in [2.75, 3.05) is 0 Å². The summed E-state index contributed by atoms with van der Waals surface area (Å²) in [4.78, 5) is 23.1. The van der Waals surface area contributed by atoms with E-state index in [-0.39, 0.29) is 12.1 Å². The molecule has 2 amide bonds. The van der Waals surface area contributed by atoms with E-state index in [2.05, 4.69) is 10.6 Å². The normalized spacial score (nSPS) is 19.8. The molecule has 0 aromatic heterocycles. The van der Waals surface area contributed by atoms with Gasteiger partial charge in [0.25, 0.3) is 0 Å². The molecule has 0 saturated heterocycles. The molecule has 0 bridgehead atoms. The van der Waals surface area contributed by atoms with Crippen LogP contribution in [0.3, 0.4) is 0 Å². The molecule has 0 aromatic carbocycles. The Morgan fingerprint density at radius 1 is 1.16 bits per heavy atom. The first-order chi connectivity index (χ1) is 8.71. The predicted molar refractivity (Wildman–Crippen MR) is 74.0 cm³/mol. The molecule has 1 aliphatic rings. The minimum Gasteiger partial charge on any atom is -0.480 e. The molecule has 5 heteroatoms. The average Bonchev–Trinajstić information content (AvgIpc) is 2.77. The fourth-order valence-electron chi connectivity index (χ4n) is 2.60. The van der Waals surface area contributed by atoms with Crippen LogP contribution in [0.25, 0.3) is 0 Å². The Hall–Kier alpha value is -1.26. The molecule has 1 unspecified atom stereocenters. The number of carboxylic acids is 1. The maximum atomic E-state index is 11.9. The molecule has 110 valence electrons. The summed E-state index contributed by atoms with van der Waals surface area (Å²) in [6, 6.07) is -1.18. The van der Waals surface area contributed by atoms with E-state index in [1.165, 1.54) is 12.8 Å². The zero-order valence-electron chi connectivity index (χ0n) is 12.3. The third-order valence-corrected chi connectivity index (χ3v) is 3.85. The van der Waals surface area contributed by atoms with Gasteiger partial charge in [0.1, 0.15) is 6.04 Å². The average molecular weight is 270 g/mol. The Bertz CT molecular complexity index is 330. The minimum atomic E-state index is -1.00. The number of amides is 2. The van der Waals surface area contributed by atoms with Crippen molar-refractivity contribution < 1.29 is 14.7 Å². The Labute approximate surface area is 115 Å². The number of aliphatic carboxylic acids is 1. The molecule has 1 rings (SSSR count). The van der Waals surface area contributed by atoms with E-state index in [1.807, 2.05) is 6.92 Å². The van der Waals surface area contributed by atoms with Crippen molar-refractivity contribution in [1.29, 1.82) is 0 Å². The van der Waals surface area contributed by atoms with E-state index in [1.54, 1.807) is 20.8 Å². The van der Waals surface area contributed by atoms with Crippen LogP contribution < -0.4 is 10.6 Å². The second-order valence-corrected chi connectivity index (χ2v) is 6.59. The largest absolute Gasteiger partial charge is 0.480 e. The predicted octanol–water partition coefficient (Wildman–Crippen LogP) is 2.36. The molecule has 5 nitrogen and oxygen atoms in total. The lowest BCUT2D eigenvalue weighted by atomic mass is 9.87. The molecule has 3 N–H and O–H groups in total. The zero-order valence-corrected chi connectivity index (χ0v) is 12.3. The number of carbonyl (C=O) groups excluding carboxylic acids is 1. The van der Waals surface area contributed by atoms with Crippen molar-refractivity contribution in [3.8, 4) is 0 Å². The minimum absolute atomic E-state index is 0.0944. The molecule has 0 spiro atoms. The van der Waals surface area contributed by atoms with E-state index in [0.29, 0.717) is 5.92 Å². The lowest BCUT2D eigenvalue weighted by Crippen LogP contribution is -2.54. The molecule has 1 aliphatic carbocycles. The van der Waals surface area contributed by atoms with Crippen LogP contribution in [0.4, 0.5) is 4.79 Å². The Morgan fingerprint density at radius 2 is 1.68 bits per heavy atom. The summed E-state index contributed by atoms with van der Waals surface area (Å²) >= 11 is 0. The molecule has 19 heavy (non-hydrogen) atoms. The van der Waals surface area contributed by atoms with E-state index in [4.69, 9.17) is 5.11 Å². The molecule has 1 fully saturated rings. The Morgan fingerprint density at radius 3 is 2.11 bits per heavy atom. The maximum absolute atomic E-state index is 11.9. The summed E-state index contributed by atoms with van der Waals surface area (Å²) in [5.41, 5.74) is -0.514. The van der Waals surface area contributed by atoms with Gasteiger partial charge in [-0.3, -0.25) is 0 Å². The van der Waals surface area contributed by atoms with Gasteiger partial charge in [0.05, 0.1) is 0 Å². The molecular formula is C14H26N2O3. The van der Waals surface area contributed by atoms with Crippen LogP contribution in [0.5, 0.6) is 0 Å². The van der Waals surface area contributed by atoms with E-state index < -0.39 is 17.4 Å². The summed E-state index contributed by atoms with van der Waals surface area (Å²) in [7, 11) is 0. The van der Waals surface area contributed by atoms with Gasteiger partial charge >= 0.3 is 12.0 Å². The quantitative estimate of drug-likeness (QED) is 0.733. The van der Waals surface area contributed by atoms with Gasteiger partial charge in [-0.05, 0) is 31.1 Å². The number of nitrogens with one attached hydrogen (secondary N) is 2. The summed E-state index contributed by atoms with van der Waals surface area (Å²) in [6.45, 7) is 7.38. The van der Waals surface area contributed by atoms with Crippen molar-refractivity contribution in [3.63, 3.8) is 0 Å². The number of hydrogen-bond donors (Lipinski definition) is 3. The summed E-state index contributed by atoms with van der Waals surface area (Å²) in [6.07, 6.45) is 4.72. The van der Waals surface area contributed by atoms with Crippen LogP contribution in [0, 0.1) is 11.3 Å². The van der Waals surface area contributed by atoms with Crippen molar-refractivity contribution in [3.05, 3.63) is 0 Å². The fraction of sp³-hybridized carbons (Fsp3) is 0.857. The monoisotopic (exact) mass is 270 g/mol. The van der Waals surface area contributed by atoms with Crippen molar-refractivity contribution in [1.82, 2.24) is 10.6 Å². The van der Waals surface area contributed by atoms with Gasteiger partial charge in [0.2, 0.25) is 0 Å². The number of carboxylic acid groups (broad SMARTS) is 1. The van der Waals surface area contributed by atoms with Crippen LogP contribution in [0.15, 0.2) is 0 Å². The van der Waals surface area contributed by atoms with Gasteiger partial charge in [-0.25, -0.2) is 9.59 Å². The first kappa shape index (κ1) is 15.8. The number of carbonyl (C=O) groups is 2. The first-order valence-electron chi connectivity index (χ1n) is 7.01. The van der Waals surface area contributed by atoms with Crippen LogP contribution >= 0.6 is 0 Å². The summed E-state index contributed by atoms with van der Waals surface area (Å²) in [5.74, 6) is -0.486. The van der Waals surface area contributed by atoms with Gasteiger partial charge in [-0.15, -0.1) is 0 Å². The highest BCUT2D eigenvalue weighted by molar-refractivity contribution is 5.83. The zero-order chi connectivity index (χ0) is 14.6. The van der Waals surface area contributed by atoms with E-state index >= 15 is 0 Å². The number of hydrogen-bond acceptors (Lipinski definition) is 2. The summed E-state index contributed by atoms with van der Waals surface area (Å²) in [5, 5.41) is 14.6.